The van der Waals surface area contributed by atoms with E-state index in [4.69, 9.17) is 20.4 Å². The molecule has 0 bridgehead atoms. The summed E-state index contributed by atoms with van der Waals surface area (Å²) in [5.41, 5.74) is 0. The van der Waals surface area contributed by atoms with Crippen molar-refractivity contribution in [2.24, 2.45) is 23.7 Å². The number of hydrogen-bond acceptors (Lipinski definition) is 8. The molecule has 0 aliphatic rings. The third kappa shape index (κ3) is 8.84. The molecule has 31 heavy (non-hydrogen) atoms. The Morgan fingerprint density at radius 1 is 0.484 bits per heavy atom. The van der Waals surface area contributed by atoms with E-state index in [0.717, 1.165) is 0 Å². The first-order valence-corrected chi connectivity index (χ1v) is 9.29. The minimum atomic E-state index is -1.85. The fraction of sp³-hybridized carbons (Fsp3) is 0.579. The average molecular weight is 444 g/mol. The van der Waals surface area contributed by atoms with Gasteiger partial charge in [0, 0.05) is 23.7 Å². The highest BCUT2D eigenvalue weighted by Crippen LogP contribution is 2.27. The molecule has 0 saturated heterocycles. The van der Waals surface area contributed by atoms with Gasteiger partial charge in [-0.2, -0.15) is 0 Å². The summed E-state index contributed by atoms with van der Waals surface area (Å²) < 4.78 is 0. The van der Waals surface area contributed by atoms with E-state index in [2.05, 4.69) is 0 Å². The van der Waals surface area contributed by atoms with Crippen LogP contribution in [0.5, 0.6) is 0 Å². The lowest BCUT2D eigenvalue weighted by Crippen LogP contribution is -2.32. The van der Waals surface area contributed by atoms with E-state index in [9.17, 15) is 38.4 Å². The van der Waals surface area contributed by atoms with Gasteiger partial charge in [0.2, 0.25) is 23.1 Å². The Balaban J connectivity index is 5.53. The van der Waals surface area contributed by atoms with E-state index >= 15 is 0 Å². The number of aliphatic carboxylic acids is 4. The summed E-state index contributed by atoms with van der Waals surface area (Å²) in [6, 6.07) is 0. The molecule has 4 atom stereocenters. The highest BCUT2D eigenvalue weighted by Gasteiger charge is 2.34. The highest BCUT2D eigenvalue weighted by molar-refractivity contribution is 6.35. The lowest BCUT2D eigenvalue weighted by Gasteiger charge is -2.21. The Hall–Kier alpha value is -3.44. The Morgan fingerprint density at radius 3 is 0.968 bits per heavy atom. The standard InChI is InChI=1S/C19H24O12/c1-8(12(20)16(24)25)3-5-10(14(22)18(28)29)7-11(15(23)19(30)31)6-4-9(2)13(21)17(26)27/h8-11H,3-7H2,1-2H3,(H,24,25)(H,26,27)(H,28,29)(H,30,31). The summed E-state index contributed by atoms with van der Waals surface area (Å²) >= 11 is 0. The van der Waals surface area contributed by atoms with Crippen LogP contribution in [0.15, 0.2) is 0 Å². The van der Waals surface area contributed by atoms with Crippen molar-refractivity contribution >= 4 is 47.0 Å². The van der Waals surface area contributed by atoms with Crippen LogP contribution in [0.3, 0.4) is 0 Å². The van der Waals surface area contributed by atoms with Gasteiger partial charge < -0.3 is 20.4 Å². The van der Waals surface area contributed by atoms with E-state index in [0.29, 0.717) is 0 Å². The van der Waals surface area contributed by atoms with Gasteiger partial charge in [0.1, 0.15) is 0 Å². The van der Waals surface area contributed by atoms with Crippen molar-refractivity contribution in [2.75, 3.05) is 0 Å². The fourth-order valence-corrected chi connectivity index (χ4v) is 2.99. The zero-order valence-electron chi connectivity index (χ0n) is 16.9. The summed E-state index contributed by atoms with van der Waals surface area (Å²) in [7, 11) is 0. The maximum Gasteiger partial charge on any atom is 0.372 e. The zero-order chi connectivity index (χ0) is 24.5. The van der Waals surface area contributed by atoms with Crippen LogP contribution in [0, 0.1) is 23.7 Å². The largest absolute Gasteiger partial charge is 0.475 e. The first kappa shape index (κ1) is 27.6. The van der Waals surface area contributed by atoms with E-state index in [1.165, 1.54) is 13.8 Å². The van der Waals surface area contributed by atoms with Gasteiger partial charge in [-0.05, 0) is 32.1 Å². The third-order valence-corrected chi connectivity index (χ3v) is 4.95. The summed E-state index contributed by atoms with van der Waals surface area (Å²) in [6.07, 6.45) is -1.51. The van der Waals surface area contributed by atoms with Gasteiger partial charge in [-0.3, -0.25) is 19.2 Å². The van der Waals surface area contributed by atoms with Crippen LogP contribution in [0.1, 0.15) is 46.0 Å². The molecule has 0 aromatic rings. The van der Waals surface area contributed by atoms with Gasteiger partial charge in [-0.1, -0.05) is 13.8 Å². The molecule has 0 amide bonds. The van der Waals surface area contributed by atoms with Gasteiger partial charge in [0.15, 0.2) is 0 Å². The van der Waals surface area contributed by atoms with Crippen LogP contribution >= 0.6 is 0 Å². The molecule has 0 fully saturated rings. The molecule has 4 unspecified atom stereocenters. The molecule has 0 rings (SSSR count). The van der Waals surface area contributed by atoms with Crippen molar-refractivity contribution in [3.05, 3.63) is 0 Å². The van der Waals surface area contributed by atoms with Crippen molar-refractivity contribution in [1.29, 1.82) is 0 Å². The zero-order valence-corrected chi connectivity index (χ0v) is 16.9. The van der Waals surface area contributed by atoms with Crippen LogP contribution in [0.4, 0.5) is 0 Å². The summed E-state index contributed by atoms with van der Waals surface area (Å²) in [6.45, 7) is 2.52. The summed E-state index contributed by atoms with van der Waals surface area (Å²) in [5.74, 6) is -17.0. The lowest BCUT2D eigenvalue weighted by atomic mass is 9.80. The minimum Gasteiger partial charge on any atom is -0.475 e. The van der Waals surface area contributed by atoms with E-state index in [1.54, 1.807) is 0 Å². The third-order valence-electron chi connectivity index (χ3n) is 4.95. The number of carbonyl (C=O) groups excluding carboxylic acids is 4. The number of rotatable bonds is 16. The van der Waals surface area contributed by atoms with Gasteiger partial charge in [0.05, 0.1) is 0 Å². The van der Waals surface area contributed by atoms with Crippen molar-refractivity contribution in [3.8, 4) is 0 Å². The highest BCUT2D eigenvalue weighted by atomic mass is 16.4. The molecule has 0 saturated carbocycles. The molecular weight excluding hydrogens is 420 g/mol. The Labute approximate surface area is 176 Å². The molecule has 0 heterocycles. The Kier molecular flexibility index (Phi) is 10.9. The molecule has 172 valence electrons. The van der Waals surface area contributed by atoms with Crippen molar-refractivity contribution in [2.45, 2.75) is 46.0 Å². The summed E-state index contributed by atoms with van der Waals surface area (Å²) in [4.78, 5) is 90.7. The van der Waals surface area contributed by atoms with Crippen LogP contribution < -0.4 is 0 Å². The normalized spacial score (nSPS) is 14.5. The predicted octanol–water partition coefficient (Wildman–Crippen LogP) is 0.0563. The molecule has 0 aliphatic heterocycles. The van der Waals surface area contributed by atoms with E-state index < -0.39 is 77.1 Å². The Morgan fingerprint density at radius 2 is 0.742 bits per heavy atom. The first-order valence-electron chi connectivity index (χ1n) is 9.29. The number of carbonyl (C=O) groups is 8. The van der Waals surface area contributed by atoms with Crippen molar-refractivity contribution in [3.63, 3.8) is 0 Å². The van der Waals surface area contributed by atoms with Crippen LogP contribution in [0.25, 0.3) is 0 Å². The number of carboxylic acid groups (broad SMARTS) is 4. The van der Waals surface area contributed by atoms with Gasteiger partial charge in [0.25, 0.3) is 0 Å². The van der Waals surface area contributed by atoms with Gasteiger partial charge in [-0.15, -0.1) is 0 Å². The molecule has 0 aliphatic carbocycles. The number of ketones is 4. The second-order valence-corrected chi connectivity index (χ2v) is 7.26. The van der Waals surface area contributed by atoms with E-state index in [1.807, 2.05) is 0 Å². The molecule has 12 heteroatoms. The quantitative estimate of drug-likeness (QED) is 0.232. The smallest absolute Gasteiger partial charge is 0.372 e. The average Bonchev–Trinajstić information content (AvgIpc) is 2.69. The molecule has 4 N–H and O–H groups in total. The van der Waals surface area contributed by atoms with Crippen molar-refractivity contribution in [1.82, 2.24) is 0 Å². The molecular formula is C19H24O12. The molecule has 0 radical (unpaired) electrons. The maximum absolute atomic E-state index is 12.0. The number of hydrogen-bond donors (Lipinski definition) is 4. The SMILES string of the molecule is CC(CCC(CC(CCC(C)C(=O)C(=O)O)C(=O)C(=O)O)C(=O)C(=O)O)C(=O)C(=O)O. The fourth-order valence-electron chi connectivity index (χ4n) is 2.99. The first-order chi connectivity index (χ1) is 14.2. The van der Waals surface area contributed by atoms with Crippen LogP contribution in [-0.4, -0.2) is 67.4 Å². The number of carboxylic acids is 4. The Bertz CT molecular complexity index is 717. The molecule has 0 aromatic carbocycles. The number of Topliss-reactive ketones (excluding diaryl/α,β-unsaturated/α-hetero) is 4. The van der Waals surface area contributed by atoms with Gasteiger partial charge >= 0.3 is 23.9 Å². The summed E-state index contributed by atoms with van der Waals surface area (Å²) in [5, 5.41) is 35.4. The predicted molar refractivity (Wildman–Crippen MR) is 99.0 cm³/mol. The van der Waals surface area contributed by atoms with Crippen LogP contribution in [0.2, 0.25) is 0 Å². The molecule has 12 nitrogen and oxygen atoms in total. The second kappa shape index (κ2) is 12.3. The molecule has 0 spiro atoms. The van der Waals surface area contributed by atoms with Crippen molar-refractivity contribution < 1.29 is 58.8 Å². The van der Waals surface area contributed by atoms with E-state index in [-0.39, 0.29) is 25.7 Å². The topological polar surface area (TPSA) is 217 Å². The maximum atomic E-state index is 12.0. The lowest BCUT2D eigenvalue weighted by molar-refractivity contribution is -0.154. The second-order valence-electron chi connectivity index (χ2n) is 7.26. The monoisotopic (exact) mass is 444 g/mol. The van der Waals surface area contributed by atoms with Crippen LogP contribution in [-0.2, 0) is 38.4 Å². The minimum absolute atomic E-state index is 0.198. The van der Waals surface area contributed by atoms with Gasteiger partial charge in [-0.25, -0.2) is 19.2 Å². The molecule has 0 aromatic heterocycles.